The van der Waals surface area contributed by atoms with Gasteiger partial charge in [-0.1, -0.05) is 13.8 Å². The lowest BCUT2D eigenvalue weighted by molar-refractivity contribution is -0.384. The van der Waals surface area contributed by atoms with Crippen molar-refractivity contribution in [2.45, 2.75) is 33.1 Å². The van der Waals surface area contributed by atoms with E-state index in [0.717, 1.165) is 13.0 Å². The molecule has 0 saturated heterocycles. The minimum Gasteiger partial charge on any atom is -0.427 e. The molecular weight excluding hydrogens is 474 g/mol. The van der Waals surface area contributed by atoms with E-state index < -0.39 is 10.9 Å². The van der Waals surface area contributed by atoms with Crippen molar-refractivity contribution in [3.63, 3.8) is 0 Å². The smallest absolute Gasteiger partial charge is 0.311 e. The first-order chi connectivity index (χ1) is 17.5. The van der Waals surface area contributed by atoms with Crippen LogP contribution >= 0.6 is 0 Å². The van der Waals surface area contributed by atoms with Gasteiger partial charge in [-0.05, 0) is 30.9 Å². The van der Waals surface area contributed by atoms with Crippen LogP contribution in [0, 0.1) is 16.0 Å². The molecule has 11 nitrogen and oxygen atoms in total. The predicted octanol–water partition coefficient (Wildman–Crippen LogP) is 3.43. The molecule has 36 heavy (non-hydrogen) atoms. The van der Waals surface area contributed by atoms with Crippen LogP contribution in [0.4, 0.5) is 5.69 Å². The monoisotopic (exact) mass is 515 g/mol. The third kappa shape index (κ3) is 19.1. The number of nitro groups is 1. The number of benzene rings is 1. The van der Waals surface area contributed by atoms with Crippen LogP contribution in [-0.2, 0) is 33.2 Å². The van der Waals surface area contributed by atoms with Gasteiger partial charge in [0.2, 0.25) is 0 Å². The molecule has 0 saturated carbocycles. The highest BCUT2D eigenvalue weighted by Crippen LogP contribution is 2.17. The fourth-order valence-electron chi connectivity index (χ4n) is 2.66. The van der Waals surface area contributed by atoms with Crippen LogP contribution in [0.3, 0.4) is 0 Å². The van der Waals surface area contributed by atoms with Gasteiger partial charge in [-0.2, -0.15) is 0 Å². The highest BCUT2D eigenvalue weighted by molar-refractivity contribution is 5.72. The Hall–Kier alpha value is -2.15. The third-order valence-electron chi connectivity index (χ3n) is 4.65. The topological polar surface area (TPSA) is 125 Å². The van der Waals surface area contributed by atoms with E-state index in [1.807, 2.05) is 0 Å². The molecule has 0 spiro atoms. The number of carbonyl (C=O) groups excluding carboxylic acids is 1. The number of non-ortho nitro benzene ring substituents is 1. The highest BCUT2D eigenvalue weighted by atomic mass is 16.6. The maximum Gasteiger partial charge on any atom is 0.311 e. The van der Waals surface area contributed by atoms with E-state index in [-0.39, 0.29) is 17.9 Å². The van der Waals surface area contributed by atoms with Crippen molar-refractivity contribution in [2.24, 2.45) is 5.92 Å². The van der Waals surface area contributed by atoms with Crippen molar-refractivity contribution in [2.75, 3.05) is 79.3 Å². The van der Waals surface area contributed by atoms with Crippen LogP contribution in [-0.4, -0.2) is 90.2 Å². The zero-order valence-electron chi connectivity index (χ0n) is 21.5. The number of esters is 1. The van der Waals surface area contributed by atoms with Crippen LogP contribution in [0.25, 0.3) is 0 Å². The Bertz CT molecular complexity index is 684. The maximum absolute atomic E-state index is 11.8. The summed E-state index contributed by atoms with van der Waals surface area (Å²) in [5, 5.41) is 10.6. The molecule has 11 heteroatoms. The molecule has 0 fully saturated rings. The van der Waals surface area contributed by atoms with E-state index in [4.69, 9.17) is 33.2 Å². The van der Waals surface area contributed by atoms with Crippen molar-refractivity contribution in [1.82, 2.24) is 0 Å². The van der Waals surface area contributed by atoms with E-state index in [2.05, 4.69) is 13.8 Å². The lowest BCUT2D eigenvalue weighted by atomic mass is 10.1. The maximum atomic E-state index is 11.8. The SMILES string of the molecule is CC(C)CCOCCOCCOCCOCCOCCOCCCC(=O)Oc1ccc([N+](=O)[O-])cc1. The summed E-state index contributed by atoms with van der Waals surface area (Å²) in [6.45, 7) is 10.6. The number of nitrogens with zero attached hydrogens (tertiary/aromatic N) is 1. The fraction of sp³-hybridized carbons (Fsp3) is 0.720. The van der Waals surface area contributed by atoms with Crippen molar-refractivity contribution < 1.29 is 42.9 Å². The Balaban J connectivity index is 1.77. The molecule has 0 bridgehead atoms. The van der Waals surface area contributed by atoms with Crippen molar-refractivity contribution >= 4 is 11.7 Å². The van der Waals surface area contributed by atoms with Crippen LogP contribution in [0.1, 0.15) is 33.1 Å². The van der Waals surface area contributed by atoms with Gasteiger partial charge in [0.1, 0.15) is 5.75 Å². The molecule has 206 valence electrons. The van der Waals surface area contributed by atoms with E-state index >= 15 is 0 Å². The van der Waals surface area contributed by atoms with Gasteiger partial charge in [0.05, 0.1) is 71.0 Å². The minimum absolute atomic E-state index is 0.0581. The normalized spacial score (nSPS) is 11.2. The lowest BCUT2D eigenvalue weighted by Gasteiger charge is -2.09. The second-order valence-corrected chi connectivity index (χ2v) is 8.19. The zero-order chi connectivity index (χ0) is 26.3. The molecule has 0 heterocycles. The standard InChI is InChI=1S/C25H41NO10/c1-22(2)9-11-31-13-15-33-17-19-35-21-20-34-18-16-32-14-12-30-10-3-4-25(27)36-24-7-5-23(6-8-24)26(28)29/h5-8,22H,3-4,9-21H2,1-2H3. The molecular formula is C25H41NO10. The summed E-state index contributed by atoms with van der Waals surface area (Å²) in [6, 6.07) is 5.36. The number of rotatable bonds is 24. The molecule has 0 amide bonds. The van der Waals surface area contributed by atoms with Crippen LogP contribution in [0.5, 0.6) is 5.75 Å². The molecule has 1 rings (SSSR count). The lowest BCUT2D eigenvalue weighted by Crippen LogP contribution is -2.14. The van der Waals surface area contributed by atoms with Gasteiger partial charge < -0.3 is 33.2 Å². The Labute approximate surface area is 213 Å². The van der Waals surface area contributed by atoms with Gasteiger partial charge >= 0.3 is 5.97 Å². The molecule has 0 radical (unpaired) electrons. The van der Waals surface area contributed by atoms with E-state index in [1.54, 1.807) is 0 Å². The third-order valence-corrected chi connectivity index (χ3v) is 4.65. The van der Waals surface area contributed by atoms with Crippen molar-refractivity contribution in [1.29, 1.82) is 0 Å². The van der Waals surface area contributed by atoms with Gasteiger partial charge in [-0.15, -0.1) is 0 Å². The average Bonchev–Trinajstić information content (AvgIpc) is 2.85. The fourth-order valence-corrected chi connectivity index (χ4v) is 2.66. The largest absolute Gasteiger partial charge is 0.427 e. The predicted molar refractivity (Wildman–Crippen MR) is 132 cm³/mol. The van der Waals surface area contributed by atoms with Crippen LogP contribution in [0.2, 0.25) is 0 Å². The van der Waals surface area contributed by atoms with Gasteiger partial charge in [-0.25, -0.2) is 0 Å². The van der Waals surface area contributed by atoms with E-state index in [0.29, 0.717) is 85.0 Å². The first-order valence-corrected chi connectivity index (χ1v) is 12.4. The summed E-state index contributed by atoms with van der Waals surface area (Å²) in [7, 11) is 0. The first-order valence-electron chi connectivity index (χ1n) is 12.4. The van der Waals surface area contributed by atoms with E-state index in [1.165, 1.54) is 24.3 Å². The first kappa shape index (κ1) is 31.9. The molecule has 0 unspecified atom stereocenters. The summed E-state index contributed by atoms with van der Waals surface area (Å²) in [4.78, 5) is 21.9. The second-order valence-electron chi connectivity index (χ2n) is 8.19. The molecule has 0 N–H and O–H groups in total. The van der Waals surface area contributed by atoms with Crippen LogP contribution in [0.15, 0.2) is 24.3 Å². The van der Waals surface area contributed by atoms with Gasteiger partial charge in [0.25, 0.3) is 5.69 Å². The molecule has 0 aromatic heterocycles. The quantitative estimate of drug-likeness (QED) is 0.0665. The number of ether oxygens (including phenoxy) is 7. The Morgan fingerprint density at radius 1 is 0.722 bits per heavy atom. The summed E-state index contributed by atoms with van der Waals surface area (Å²) in [5.41, 5.74) is -0.0581. The molecule has 0 aliphatic carbocycles. The summed E-state index contributed by atoms with van der Waals surface area (Å²) >= 11 is 0. The molecule has 0 atom stereocenters. The molecule has 1 aromatic rings. The summed E-state index contributed by atoms with van der Waals surface area (Å²) < 4.78 is 37.7. The van der Waals surface area contributed by atoms with Crippen molar-refractivity contribution in [3.8, 4) is 5.75 Å². The summed E-state index contributed by atoms with van der Waals surface area (Å²) in [6.07, 6.45) is 1.76. The Morgan fingerprint density at radius 3 is 1.56 bits per heavy atom. The van der Waals surface area contributed by atoms with Gasteiger partial charge in [0.15, 0.2) is 0 Å². The highest BCUT2D eigenvalue weighted by Gasteiger charge is 2.08. The minimum atomic E-state index is -0.512. The number of hydrogen-bond donors (Lipinski definition) is 0. The average molecular weight is 516 g/mol. The van der Waals surface area contributed by atoms with Gasteiger partial charge in [0, 0.05) is 31.8 Å². The van der Waals surface area contributed by atoms with Gasteiger partial charge in [-0.3, -0.25) is 14.9 Å². The number of nitro benzene ring substituents is 1. The Morgan fingerprint density at radius 2 is 1.14 bits per heavy atom. The number of hydrogen-bond acceptors (Lipinski definition) is 10. The molecule has 0 aliphatic rings. The second kappa shape index (κ2) is 22.1. The van der Waals surface area contributed by atoms with Crippen LogP contribution < -0.4 is 4.74 Å². The van der Waals surface area contributed by atoms with Crippen molar-refractivity contribution in [3.05, 3.63) is 34.4 Å². The number of carbonyl (C=O) groups is 1. The summed E-state index contributed by atoms with van der Waals surface area (Å²) in [5.74, 6) is 0.514. The molecule has 0 aliphatic heterocycles. The van der Waals surface area contributed by atoms with E-state index in [9.17, 15) is 14.9 Å². The molecule has 1 aromatic carbocycles. The Kier molecular flexibility index (Phi) is 19.6. The zero-order valence-corrected chi connectivity index (χ0v) is 21.5.